The van der Waals surface area contributed by atoms with E-state index in [1.54, 1.807) is 12.4 Å². The van der Waals surface area contributed by atoms with Gasteiger partial charge < -0.3 is 5.32 Å². The van der Waals surface area contributed by atoms with Crippen LogP contribution in [0.15, 0.2) is 60.9 Å². The third-order valence-corrected chi connectivity index (χ3v) is 3.86. The standard InChI is InChI=1S/C22H20N4O/c1-3-24-22(27)26-21-16(2)6-13-20(25-21)19-11-9-17(10-12-19)7-8-18-5-4-14-23-15-18/h4-6,9-15H,3H2,1-2H3,(H2,24,25,26,27). The Hall–Kier alpha value is -3.65. The molecule has 2 amide bonds. The largest absolute Gasteiger partial charge is 0.338 e. The molecule has 0 aliphatic rings. The average molecular weight is 356 g/mol. The van der Waals surface area contributed by atoms with Crippen molar-refractivity contribution in [2.24, 2.45) is 0 Å². The quantitative estimate of drug-likeness (QED) is 0.697. The molecule has 0 saturated heterocycles. The molecule has 2 aromatic heterocycles. The summed E-state index contributed by atoms with van der Waals surface area (Å²) in [6, 6.07) is 15.3. The van der Waals surface area contributed by atoms with E-state index in [-0.39, 0.29) is 6.03 Å². The molecule has 2 heterocycles. The van der Waals surface area contributed by atoms with Crippen LogP contribution in [0.1, 0.15) is 23.6 Å². The molecule has 0 aliphatic heterocycles. The summed E-state index contributed by atoms with van der Waals surface area (Å²) in [5.74, 6) is 6.77. The van der Waals surface area contributed by atoms with Gasteiger partial charge in [0, 0.05) is 35.6 Å². The van der Waals surface area contributed by atoms with Gasteiger partial charge in [0.1, 0.15) is 5.82 Å². The SMILES string of the molecule is CCNC(=O)Nc1nc(-c2ccc(C#Cc3cccnc3)cc2)ccc1C. The molecule has 5 nitrogen and oxygen atoms in total. The fourth-order valence-electron chi connectivity index (χ4n) is 2.43. The molecule has 0 saturated carbocycles. The van der Waals surface area contributed by atoms with E-state index in [0.717, 1.165) is 27.9 Å². The van der Waals surface area contributed by atoms with Crippen LogP contribution in [0.4, 0.5) is 10.6 Å². The summed E-state index contributed by atoms with van der Waals surface area (Å²) in [4.78, 5) is 20.4. The van der Waals surface area contributed by atoms with Gasteiger partial charge in [-0.1, -0.05) is 30.0 Å². The summed E-state index contributed by atoms with van der Waals surface area (Å²) in [7, 11) is 0. The topological polar surface area (TPSA) is 66.9 Å². The summed E-state index contributed by atoms with van der Waals surface area (Å²) >= 11 is 0. The minimum Gasteiger partial charge on any atom is -0.338 e. The Morgan fingerprint density at radius 3 is 2.52 bits per heavy atom. The van der Waals surface area contributed by atoms with Gasteiger partial charge in [-0.05, 0) is 49.7 Å². The first-order chi connectivity index (χ1) is 13.2. The second-order valence-corrected chi connectivity index (χ2v) is 5.92. The van der Waals surface area contributed by atoms with Gasteiger partial charge in [0.2, 0.25) is 0 Å². The smallest absolute Gasteiger partial charge is 0.320 e. The highest BCUT2D eigenvalue weighted by Crippen LogP contribution is 2.22. The van der Waals surface area contributed by atoms with Crippen LogP contribution in [-0.2, 0) is 0 Å². The van der Waals surface area contributed by atoms with Gasteiger partial charge in [0.15, 0.2) is 0 Å². The number of hydrogen-bond acceptors (Lipinski definition) is 3. The Morgan fingerprint density at radius 2 is 1.81 bits per heavy atom. The van der Waals surface area contributed by atoms with E-state index in [4.69, 9.17) is 0 Å². The number of benzene rings is 1. The maximum Gasteiger partial charge on any atom is 0.320 e. The number of anilines is 1. The maximum absolute atomic E-state index is 11.8. The van der Waals surface area contributed by atoms with E-state index >= 15 is 0 Å². The predicted octanol–water partition coefficient (Wildman–Crippen LogP) is 3.99. The van der Waals surface area contributed by atoms with Crippen molar-refractivity contribution >= 4 is 11.8 Å². The van der Waals surface area contributed by atoms with Crippen molar-refractivity contribution in [3.63, 3.8) is 0 Å². The molecule has 0 radical (unpaired) electrons. The van der Waals surface area contributed by atoms with Crippen LogP contribution < -0.4 is 10.6 Å². The number of urea groups is 1. The van der Waals surface area contributed by atoms with Crippen LogP contribution in [0, 0.1) is 18.8 Å². The zero-order valence-corrected chi connectivity index (χ0v) is 15.3. The lowest BCUT2D eigenvalue weighted by atomic mass is 10.1. The van der Waals surface area contributed by atoms with Crippen LogP contribution >= 0.6 is 0 Å². The van der Waals surface area contributed by atoms with Crippen molar-refractivity contribution in [2.75, 3.05) is 11.9 Å². The average Bonchev–Trinajstić information content (AvgIpc) is 2.69. The molecule has 0 spiro atoms. The molecule has 134 valence electrons. The van der Waals surface area contributed by atoms with Crippen molar-refractivity contribution < 1.29 is 4.79 Å². The van der Waals surface area contributed by atoms with Gasteiger partial charge in [0.25, 0.3) is 0 Å². The summed E-state index contributed by atoms with van der Waals surface area (Å²) in [6.07, 6.45) is 3.46. The Morgan fingerprint density at radius 1 is 1.04 bits per heavy atom. The first kappa shape index (κ1) is 18.2. The third-order valence-electron chi connectivity index (χ3n) is 3.86. The van der Waals surface area contributed by atoms with Crippen molar-refractivity contribution in [3.8, 4) is 23.1 Å². The number of rotatable bonds is 3. The van der Waals surface area contributed by atoms with E-state index in [1.165, 1.54) is 0 Å². The molecule has 0 atom stereocenters. The molecule has 5 heteroatoms. The number of amides is 2. The number of nitrogens with one attached hydrogen (secondary N) is 2. The highest BCUT2D eigenvalue weighted by atomic mass is 16.2. The summed E-state index contributed by atoms with van der Waals surface area (Å²) in [6.45, 7) is 4.34. The first-order valence-electron chi connectivity index (χ1n) is 8.70. The normalized spacial score (nSPS) is 9.85. The highest BCUT2D eigenvalue weighted by molar-refractivity contribution is 5.89. The molecule has 2 N–H and O–H groups in total. The highest BCUT2D eigenvalue weighted by Gasteiger charge is 2.07. The lowest BCUT2D eigenvalue weighted by Crippen LogP contribution is -2.29. The van der Waals surface area contributed by atoms with Gasteiger partial charge in [-0.15, -0.1) is 0 Å². The van der Waals surface area contributed by atoms with Crippen molar-refractivity contribution in [1.29, 1.82) is 0 Å². The van der Waals surface area contributed by atoms with Crippen molar-refractivity contribution in [2.45, 2.75) is 13.8 Å². The number of hydrogen-bond donors (Lipinski definition) is 2. The summed E-state index contributed by atoms with van der Waals surface area (Å²) in [5.41, 5.74) is 4.45. The Kier molecular flexibility index (Phi) is 5.80. The second-order valence-electron chi connectivity index (χ2n) is 5.92. The lowest BCUT2D eigenvalue weighted by molar-refractivity contribution is 0.252. The number of aromatic nitrogens is 2. The fourth-order valence-corrected chi connectivity index (χ4v) is 2.43. The molecule has 1 aromatic carbocycles. The van der Waals surface area contributed by atoms with Crippen LogP contribution in [0.5, 0.6) is 0 Å². The molecule has 3 rings (SSSR count). The number of carbonyl (C=O) groups is 1. The van der Waals surface area contributed by atoms with Crippen LogP contribution in [0.25, 0.3) is 11.3 Å². The molecule has 0 fully saturated rings. The minimum atomic E-state index is -0.258. The molecule has 27 heavy (non-hydrogen) atoms. The zero-order chi connectivity index (χ0) is 19.1. The van der Waals surface area contributed by atoms with E-state index in [2.05, 4.69) is 32.4 Å². The predicted molar refractivity (Wildman–Crippen MR) is 107 cm³/mol. The Bertz CT molecular complexity index is 986. The number of nitrogens with zero attached hydrogens (tertiary/aromatic N) is 2. The van der Waals surface area contributed by atoms with E-state index < -0.39 is 0 Å². The monoisotopic (exact) mass is 356 g/mol. The van der Waals surface area contributed by atoms with E-state index in [1.807, 2.05) is 62.4 Å². The van der Waals surface area contributed by atoms with Crippen LogP contribution in [0.2, 0.25) is 0 Å². The van der Waals surface area contributed by atoms with Crippen LogP contribution in [-0.4, -0.2) is 22.5 Å². The first-order valence-corrected chi connectivity index (χ1v) is 8.70. The summed E-state index contributed by atoms with van der Waals surface area (Å²) in [5, 5.41) is 5.49. The number of carbonyl (C=O) groups excluding carboxylic acids is 1. The minimum absolute atomic E-state index is 0.258. The lowest BCUT2D eigenvalue weighted by Gasteiger charge is -2.10. The third kappa shape index (κ3) is 4.93. The fraction of sp³-hybridized carbons (Fsp3) is 0.136. The Labute approximate surface area is 158 Å². The summed E-state index contributed by atoms with van der Waals surface area (Å²) < 4.78 is 0. The van der Waals surface area contributed by atoms with Gasteiger partial charge in [-0.25, -0.2) is 9.78 Å². The van der Waals surface area contributed by atoms with E-state index in [0.29, 0.717) is 12.4 Å². The molecule has 0 aliphatic carbocycles. The maximum atomic E-state index is 11.8. The molecular formula is C22H20N4O. The molecule has 0 bridgehead atoms. The van der Waals surface area contributed by atoms with Crippen LogP contribution in [0.3, 0.4) is 0 Å². The molecule has 3 aromatic rings. The Balaban J connectivity index is 1.79. The van der Waals surface area contributed by atoms with Crippen molar-refractivity contribution in [3.05, 3.63) is 77.6 Å². The number of pyridine rings is 2. The van der Waals surface area contributed by atoms with Crippen molar-refractivity contribution in [1.82, 2.24) is 15.3 Å². The number of aryl methyl sites for hydroxylation is 1. The van der Waals surface area contributed by atoms with Gasteiger partial charge >= 0.3 is 6.03 Å². The second kappa shape index (κ2) is 8.63. The zero-order valence-electron chi connectivity index (χ0n) is 15.3. The van der Waals surface area contributed by atoms with Gasteiger partial charge in [-0.3, -0.25) is 10.3 Å². The molecular weight excluding hydrogens is 336 g/mol. The van der Waals surface area contributed by atoms with Gasteiger partial charge in [0.05, 0.1) is 5.69 Å². The molecule has 0 unspecified atom stereocenters. The van der Waals surface area contributed by atoms with E-state index in [9.17, 15) is 4.79 Å². The van der Waals surface area contributed by atoms with Gasteiger partial charge in [-0.2, -0.15) is 0 Å².